The lowest BCUT2D eigenvalue weighted by molar-refractivity contribution is 0.129. The van der Waals surface area contributed by atoms with E-state index in [4.69, 9.17) is 0 Å². The molecule has 11 heteroatoms. The van der Waals surface area contributed by atoms with Crippen molar-refractivity contribution in [2.45, 2.75) is 38.5 Å². The molecule has 1 aromatic carbocycles. The predicted octanol–water partition coefficient (Wildman–Crippen LogP) is 2.29. The van der Waals surface area contributed by atoms with Crippen LogP contribution in [0, 0.1) is 11.6 Å². The minimum absolute atomic E-state index is 0.0758. The molecule has 4 heterocycles. The van der Waals surface area contributed by atoms with Crippen LogP contribution >= 0.6 is 0 Å². The van der Waals surface area contributed by atoms with Gasteiger partial charge in [-0.2, -0.15) is 10.2 Å². The highest BCUT2D eigenvalue weighted by atomic mass is 19.1. The van der Waals surface area contributed by atoms with Gasteiger partial charge in [0.15, 0.2) is 5.82 Å². The van der Waals surface area contributed by atoms with Crippen LogP contribution in [0.4, 0.5) is 8.78 Å². The number of aromatic nitrogens is 8. The molecule has 5 rings (SSSR count). The van der Waals surface area contributed by atoms with E-state index in [1.54, 1.807) is 23.4 Å². The zero-order chi connectivity index (χ0) is 22.1. The van der Waals surface area contributed by atoms with Crippen molar-refractivity contribution in [1.82, 2.24) is 44.4 Å². The summed E-state index contributed by atoms with van der Waals surface area (Å²) in [6.07, 6.45) is 7.87. The fourth-order valence-corrected chi connectivity index (χ4v) is 4.13. The third-order valence-electron chi connectivity index (χ3n) is 5.88. The highest BCUT2D eigenvalue weighted by Gasteiger charge is 2.31. The SMILES string of the molecule is CC(C(Cn1cncn1)c1ccc(F)cc1F)N1CCn2nc(-c3cncnc3)nc2C1. The molecule has 32 heavy (non-hydrogen) atoms. The van der Waals surface area contributed by atoms with Crippen molar-refractivity contribution < 1.29 is 8.78 Å². The summed E-state index contributed by atoms with van der Waals surface area (Å²) in [5, 5.41) is 8.76. The quantitative estimate of drug-likeness (QED) is 0.457. The number of hydrogen-bond donors (Lipinski definition) is 0. The Bertz CT molecular complexity index is 1190. The number of fused-ring (bicyclic) bond motifs is 1. The smallest absolute Gasteiger partial charge is 0.184 e. The summed E-state index contributed by atoms with van der Waals surface area (Å²) in [6.45, 7) is 4.39. The fourth-order valence-electron chi connectivity index (χ4n) is 4.13. The Morgan fingerprint density at radius 3 is 2.66 bits per heavy atom. The first kappa shape index (κ1) is 20.3. The topological polar surface area (TPSA) is 90.4 Å². The maximum absolute atomic E-state index is 14.7. The fraction of sp³-hybridized carbons (Fsp3) is 0.333. The predicted molar refractivity (Wildman–Crippen MR) is 110 cm³/mol. The van der Waals surface area contributed by atoms with E-state index in [2.05, 4.69) is 35.0 Å². The molecule has 0 saturated heterocycles. The van der Waals surface area contributed by atoms with E-state index >= 15 is 0 Å². The minimum Gasteiger partial charge on any atom is -0.291 e. The van der Waals surface area contributed by atoms with Crippen molar-refractivity contribution in [3.8, 4) is 11.4 Å². The number of nitrogens with zero attached hydrogens (tertiary/aromatic N) is 9. The molecule has 0 aliphatic carbocycles. The second-order valence-electron chi connectivity index (χ2n) is 7.80. The molecule has 2 atom stereocenters. The van der Waals surface area contributed by atoms with E-state index in [1.165, 1.54) is 24.8 Å². The maximum atomic E-state index is 14.7. The van der Waals surface area contributed by atoms with Crippen LogP contribution in [0.1, 0.15) is 24.2 Å². The van der Waals surface area contributed by atoms with Crippen molar-refractivity contribution in [3.05, 3.63) is 72.6 Å². The first-order valence-corrected chi connectivity index (χ1v) is 10.3. The second-order valence-corrected chi connectivity index (χ2v) is 7.80. The van der Waals surface area contributed by atoms with E-state index in [9.17, 15) is 8.78 Å². The largest absolute Gasteiger partial charge is 0.291 e. The number of halogens is 2. The van der Waals surface area contributed by atoms with E-state index in [-0.39, 0.29) is 12.0 Å². The van der Waals surface area contributed by atoms with Gasteiger partial charge in [-0.15, -0.1) is 0 Å². The van der Waals surface area contributed by atoms with E-state index in [0.717, 1.165) is 24.0 Å². The minimum atomic E-state index is -0.595. The first-order valence-electron chi connectivity index (χ1n) is 10.3. The van der Waals surface area contributed by atoms with E-state index < -0.39 is 11.6 Å². The maximum Gasteiger partial charge on any atom is 0.184 e. The highest BCUT2D eigenvalue weighted by Crippen LogP contribution is 2.30. The molecule has 3 aromatic heterocycles. The van der Waals surface area contributed by atoms with Gasteiger partial charge in [-0.1, -0.05) is 6.07 Å². The molecule has 2 unspecified atom stereocenters. The Labute approximate surface area is 182 Å². The molecule has 0 saturated carbocycles. The van der Waals surface area contributed by atoms with E-state index in [0.29, 0.717) is 31.0 Å². The molecule has 1 aliphatic rings. The molecule has 4 aromatic rings. The molecule has 164 valence electrons. The van der Waals surface area contributed by atoms with Gasteiger partial charge in [-0.3, -0.25) is 9.58 Å². The van der Waals surface area contributed by atoms with Crippen molar-refractivity contribution in [2.75, 3.05) is 6.54 Å². The van der Waals surface area contributed by atoms with Crippen LogP contribution < -0.4 is 0 Å². The number of hydrogen-bond acceptors (Lipinski definition) is 7. The molecular weight excluding hydrogens is 416 g/mol. The average Bonchev–Trinajstić information content (AvgIpc) is 3.47. The van der Waals surface area contributed by atoms with Gasteiger partial charge in [0.2, 0.25) is 0 Å². The zero-order valence-electron chi connectivity index (χ0n) is 17.4. The molecule has 0 amide bonds. The summed E-state index contributed by atoms with van der Waals surface area (Å²) in [5.41, 5.74) is 1.20. The van der Waals surface area contributed by atoms with Gasteiger partial charge in [0.05, 0.1) is 25.2 Å². The summed E-state index contributed by atoms with van der Waals surface area (Å²) in [7, 11) is 0. The van der Waals surface area contributed by atoms with E-state index in [1.807, 2.05) is 11.6 Å². The van der Waals surface area contributed by atoms with Crippen LogP contribution in [-0.4, -0.2) is 57.0 Å². The van der Waals surface area contributed by atoms with Gasteiger partial charge < -0.3 is 0 Å². The van der Waals surface area contributed by atoms with Crippen molar-refractivity contribution in [2.24, 2.45) is 0 Å². The molecular formula is C21H21F2N9. The van der Waals surface area contributed by atoms with Crippen molar-refractivity contribution in [1.29, 1.82) is 0 Å². The zero-order valence-corrected chi connectivity index (χ0v) is 17.4. The van der Waals surface area contributed by atoms with Gasteiger partial charge in [-0.25, -0.2) is 33.4 Å². The Balaban J connectivity index is 1.42. The van der Waals surface area contributed by atoms with Gasteiger partial charge in [0.1, 0.15) is 36.4 Å². The average molecular weight is 437 g/mol. The lowest BCUT2D eigenvalue weighted by Crippen LogP contribution is -2.44. The second kappa shape index (κ2) is 8.50. The van der Waals surface area contributed by atoms with Crippen molar-refractivity contribution in [3.63, 3.8) is 0 Å². The summed E-state index contributed by atoms with van der Waals surface area (Å²) >= 11 is 0. The van der Waals surface area contributed by atoms with Gasteiger partial charge >= 0.3 is 0 Å². The van der Waals surface area contributed by atoms with Gasteiger partial charge in [-0.05, 0) is 18.6 Å². The monoisotopic (exact) mass is 437 g/mol. The molecule has 0 radical (unpaired) electrons. The molecule has 0 spiro atoms. The Kier molecular flexibility index (Phi) is 5.39. The van der Waals surface area contributed by atoms with Crippen LogP contribution in [0.5, 0.6) is 0 Å². The summed E-state index contributed by atoms with van der Waals surface area (Å²) < 4.78 is 31.8. The lowest BCUT2D eigenvalue weighted by atomic mass is 9.90. The molecule has 0 bridgehead atoms. The molecule has 9 nitrogen and oxygen atoms in total. The Morgan fingerprint density at radius 1 is 1.06 bits per heavy atom. The molecule has 1 aliphatic heterocycles. The van der Waals surface area contributed by atoms with Gasteiger partial charge in [0, 0.05) is 37.0 Å². The summed E-state index contributed by atoms with van der Waals surface area (Å²) in [5.74, 6) is -0.0240. The normalized spacial score (nSPS) is 16.0. The van der Waals surface area contributed by atoms with Crippen LogP contribution in [-0.2, 0) is 19.6 Å². The summed E-state index contributed by atoms with van der Waals surface area (Å²) in [6, 6.07) is 3.66. The third-order valence-corrected chi connectivity index (χ3v) is 5.88. The molecule has 0 fully saturated rings. The Morgan fingerprint density at radius 2 is 1.91 bits per heavy atom. The van der Waals surface area contributed by atoms with Gasteiger partial charge in [0.25, 0.3) is 0 Å². The van der Waals surface area contributed by atoms with Crippen LogP contribution in [0.3, 0.4) is 0 Å². The standard InChI is InChI=1S/C21H21F2N9/c1-14(18(9-31-13-26-12-27-31)17-3-2-16(22)6-19(17)23)30-4-5-32-20(10-30)28-21(29-32)15-7-24-11-25-8-15/h2-3,6-8,11-14,18H,4-5,9-10H2,1H3. The first-order chi connectivity index (χ1) is 15.6. The van der Waals surface area contributed by atoms with Crippen LogP contribution in [0.2, 0.25) is 0 Å². The summed E-state index contributed by atoms with van der Waals surface area (Å²) in [4.78, 5) is 19.0. The van der Waals surface area contributed by atoms with Crippen LogP contribution in [0.25, 0.3) is 11.4 Å². The number of benzene rings is 1. The van der Waals surface area contributed by atoms with Crippen LogP contribution in [0.15, 0.2) is 49.6 Å². The highest BCUT2D eigenvalue weighted by molar-refractivity contribution is 5.51. The number of rotatable bonds is 6. The third kappa shape index (κ3) is 3.98. The lowest BCUT2D eigenvalue weighted by Gasteiger charge is -2.37. The molecule has 0 N–H and O–H groups in total. The Hall–Kier alpha value is -3.60. The van der Waals surface area contributed by atoms with Crippen molar-refractivity contribution >= 4 is 0 Å².